The van der Waals surface area contributed by atoms with Gasteiger partial charge < -0.3 is 5.11 Å². The molecule has 0 aliphatic heterocycles. The van der Waals surface area contributed by atoms with Gasteiger partial charge in [-0.05, 0) is 32.0 Å². The van der Waals surface area contributed by atoms with Gasteiger partial charge in [0, 0.05) is 18.8 Å². The third-order valence-electron chi connectivity index (χ3n) is 2.95. The Bertz CT molecular complexity index is 722. The van der Waals surface area contributed by atoms with Gasteiger partial charge in [0.15, 0.2) is 0 Å². The number of aromatic nitrogens is 2. The van der Waals surface area contributed by atoms with Gasteiger partial charge in [0.2, 0.25) is 0 Å². The maximum Gasteiger partial charge on any atom is 0.337 e. The number of nitrogens with zero attached hydrogens (tertiary/aromatic N) is 3. The fourth-order valence-electron chi connectivity index (χ4n) is 1.92. The summed E-state index contributed by atoms with van der Waals surface area (Å²) in [6.45, 7) is 3.75. The topological polar surface area (TPSA) is 79.5 Å². The largest absolute Gasteiger partial charge is 0.478 e. The highest BCUT2D eigenvalue weighted by Gasteiger charge is 2.10. The lowest BCUT2D eigenvalue weighted by Gasteiger charge is -2.05. The van der Waals surface area contributed by atoms with Crippen molar-refractivity contribution >= 4 is 29.0 Å². The zero-order valence-electron chi connectivity index (χ0n) is 11.9. The molecular weight excluding hydrogens is 292 g/mol. The van der Waals surface area contributed by atoms with E-state index in [1.54, 1.807) is 10.7 Å². The van der Waals surface area contributed by atoms with Gasteiger partial charge in [-0.25, -0.2) is 4.79 Å². The summed E-state index contributed by atoms with van der Waals surface area (Å²) in [5.41, 5.74) is 5.98. The van der Waals surface area contributed by atoms with Crippen LogP contribution in [-0.4, -0.2) is 26.6 Å². The maximum atomic E-state index is 11.0. The average molecular weight is 307 g/mol. The minimum atomic E-state index is -1.08. The number of carboxylic acid groups (broad SMARTS) is 1. The Kier molecular flexibility index (Phi) is 4.28. The fourth-order valence-corrected chi connectivity index (χ4v) is 2.12. The number of aromatic carboxylic acids is 1. The van der Waals surface area contributed by atoms with Crippen molar-refractivity contribution in [3.05, 3.63) is 46.2 Å². The summed E-state index contributed by atoms with van der Waals surface area (Å²) in [6.07, 6.45) is 1.88. The van der Waals surface area contributed by atoms with Crippen molar-refractivity contribution in [3.63, 3.8) is 0 Å². The van der Waals surface area contributed by atoms with Gasteiger partial charge in [0.1, 0.15) is 0 Å². The lowest BCUT2D eigenvalue weighted by atomic mass is 10.2. The molecule has 1 aromatic carbocycles. The smallest absolute Gasteiger partial charge is 0.337 e. The van der Waals surface area contributed by atoms with Crippen LogP contribution < -0.4 is 5.43 Å². The summed E-state index contributed by atoms with van der Waals surface area (Å²) in [4.78, 5) is 11.0. The molecular formula is C14H15ClN4O2. The number of carboxylic acids is 1. The van der Waals surface area contributed by atoms with E-state index in [4.69, 9.17) is 16.7 Å². The van der Waals surface area contributed by atoms with E-state index >= 15 is 0 Å². The van der Waals surface area contributed by atoms with E-state index in [-0.39, 0.29) is 10.6 Å². The number of nitrogens with one attached hydrogen (secondary N) is 1. The number of aryl methyl sites for hydroxylation is 2. The zero-order chi connectivity index (χ0) is 15.6. The number of benzene rings is 1. The van der Waals surface area contributed by atoms with Gasteiger partial charge in [-0.1, -0.05) is 11.6 Å². The maximum absolute atomic E-state index is 11.0. The highest BCUT2D eigenvalue weighted by atomic mass is 35.5. The Hall–Kier alpha value is -2.34. The van der Waals surface area contributed by atoms with Crippen molar-refractivity contribution < 1.29 is 9.90 Å². The number of hydrazone groups is 1. The lowest BCUT2D eigenvalue weighted by molar-refractivity contribution is 0.0697. The number of hydrogen-bond donors (Lipinski definition) is 2. The molecule has 0 atom stereocenters. The van der Waals surface area contributed by atoms with Crippen LogP contribution in [0.15, 0.2) is 29.5 Å². The van der Waals surface area contributed by atoms with E-state index in [0.717, 1.165) is 17.0 Å². The molecule has 0 saturated carbocycles. The summed E-state index contributed by atoms with van der Waals surface area (Å²) >= 11 is 5.82. The van der Waals surface area contributed by atoms with E-state index in [1.807, 2.05) is 27.1 Å². The summed E-state index contributed by atoms with van der Waals surface area (Å²) in [7, 11) is 1.84. The van der Waals surface area contributed by atoms with Crippen LogP contribution in [0.2, 0.25) is 5.02 Å². The van der Waals surface area contributed by atoms with Crippen LogP contribution in [0, 0.1) is 6.92 Å². The van der Waals surface area contributed by atoms with Gasteiger partial charge in [-0.3, -0.25) is 10.1 Å². The van der Waals surface area contributed by atoms with Crippen molar-refractivity contribution in [1.29, 1.82) is 0 Å². The number of halogens is 1. The van der Waals surface area contributed by atoms with Crippen molar-refractivity contribution in [1.82, 2.24) is 9.78 Å². The minimum Gasteiger partial charge on any atom is -0.478 e. The molecule has 0 fully saturated rings. The minimum absolute atomic E-state index is 0.0343. The quantitative estimate of drug-likeness (QED) is 0.672. The zero-order valence-corrected chi connectivity index (χ0v) is 12.6. The molecule has 0 saturated heterocycles. The second kappa shape index (κ2) is 5.97. The molecule has 1 aromatic heterocycles. The summed E-state index contributed by atoms with van der Waals surface area (Å²) < 4.78 is 1.72. The lowest BCUT2D eigenvalue weighted by Crippen LogP contribution is -2.02. The first-order valence-corrected chi connectivity index (χ1v) is 6.60. The third kappa shape index (κ3) is 3.41. The Labute approximate surface area is 127 Å². The summed E-state index contributed by atoms with van der Waals surface area (Å²) in [5.74, 6) is -1.08. The van der Waals surface area contributed by atoms with Crippen LogP contribution >= 0.6 is 11.6 Å². The highest BCUT2D eigenvalue weighted by Crippen LogP contribution is 2.20. The number of hydrogen-bond acceptors (Lipinski definition) is 4. The van der Waals surface area contributed by atoms with E-state index in [9.17, 15) is 4.79 Å². The van der Waals surface area contributed by atoms with E-state index in [1.165, 1.54) is 12.1 Å². The van der Waals surface area contributed by atoms with Crippen molar-refractivity contribution in [2.24, 2.45) is 12.1 Å². The monoisotopic (exact) mass is 306 g/mol. The average Bonchev–Trinajstić information content (AvgIpc) is 2.76. The van der Waals surface area contributed by atoms with Crippen LogP contribution in [0.3, 0.4) is 0 Å². The van der Waals surface area contributed by atoms with Crippen LogP contribution in [0.1, 0.15) is 28.5 Å². The Morgan fingerprint density at radius 3 is 2.71 bits per heavy atom. The number of anilines is 1. The normalized spacial score (nSPS) is 11.5. The molecule has 0 aliphatic rings. The number of rotatable bonds is 4. The Morgan fingerprint density at radius 2 is 2.14 bits per heavy atom. The first-order chi connectivity index (χ1) is 9.88. The predicted octanol–water partition coefficient (Wildman–Crippen LogP) is 2.92. The van der Waals surface area contributed by atoms with Crippen molar-refractivity contribution in [3.8, 4) is 0 Å². The molecule has 2 aromatic rings. The molecule has 0 aliphatic carbocycles. The molecule has 2 N–H and O–H groups in total. The van der Waals surface area contributed by atoms with Gasteiger partial charge in [0.05, 0.1) is 27.7 Å². The fraction of sp³-hybridized carbons (Fsp3) is 0.214. The second-order valence-corrected chi connectivity index (χ2v) is 5.02. The van der Waals surface area contributed by atoms with Gasteiger partial charge in [-0.2, -0.15) is 10.2 Å². The SMILES string of the molecule is CC(=NNc1ccc(Cl)c(C(=O)O)c1)c1cn(C)nc1C. The first-order valence-electron chi connectivity index (χ1n) is 6.22. The van der Waals surface area contributed by atoms with Gasteiger partial charge in [-0.15, -0.1) is 0 Å². The number of carbonyl (C=O) groups is 1. The molecule has 0 amide bonds. The van der Waals surface area contributed by atoms with E-state index in [2.05, 4.69) is 15.6 Å². The standard InChI is InChI=1S/C14H15ClN4O2/c1-8(12-7-19(3)18-9(12)2)16-17-10-4-5-13(15)11(6-10)14(20)21/h4-7,17H,1-3H3,(H,20,21). The molecule has 7 heteroatoms. The highest BCUT2D eigenvalue weighted by molar-refractivity contribution is 6.33. The Balaban J connectivity index is 2.23. The molecule has 110 valence electrons. The molecule has 0 radical (unpaired) electrons. The third-order valence-corrected chi connectivity index (χ3v) is 3.28. The van der Waals surface area contributed by atoms with E-state index < -0.39 is 5.97 Å². The first kappa shape index (κ1) is 15.1. The van der Waals surface area contributed by atoms with Gasteiger partial charge >= 0.3 is 5.97 Å². The van der Waals surface area contributed by atoms with Crippen LogP contribution in [0.4, 0.5) is 5.69 Å². The molecule has 0 unspecified atom stereocenters. The predicted molar refractivity (Wildman–Crippen MR) is 82.2 cm³/mol. The van der Waals surface area contributed by atoms with Crippen LogP contribution in [0.25, 0.3) is 0 Å². The summed E-state index contributed by atoms with van der Waals surface area (Å²) in [5, 5.41) is 17.7. The molecule has 6 nitrogen and oxygen atoms in total. The molecule has 1 heterocycles. The van der Waals surface area contributed by atoms with Crippen molar-refractivity contribution in [2.45, 2.75) is 13.8 Å². The van der Waals surface area contributed by atoms with Crippen LogP contribution in [0.5, 0.6) is 0 Å². The van der Waals surface area contributed by atoms with Crippen molar-refractivity contribution in [2.75, 3.05) is 5.43 Å². The van der Waals surface area contributed by atoms with E-state index in [0.29, 0.717) is 5.69 Å². The second-order valence-electron chi connectivity index (χ2n) is 4.61. The van der Waals surface area contributed by atoms with Crippen LogP contribution in [-0.2, 0) is 7.05 Å². The molecule has 2 rings (SSSR count). The molecule has 0 spiro atoms. The Morgan fingerprint density at radius 1 is 1.43 bits per heavy atom. The summed E-state index contributed by atoms with van der Waals surface area (Å²) in [6, 6.07) is 4.63. The molecule has 0 bridgehead atoms. The molecule has 21 heavy (non-hydrogen) atoms. The van der Waals surface area contributed by atoms with Gasteiger partial charge in [0.25, 0.3) is 0 Å².